The van der Waals surface area contributed by atoms with E-state index in [-0.39, 0.29) is 0 Å². The molecule has 1 aliphatic carbocycles. The highest BCUT2D eigenvalue weighted by atomic mass is 16.5. The van der Waals surface area contributed by atoms with Gasteiger partial charge in [0.25, 0.3) is 0 Å². The molecule has 1 aromatic heterocycles. The standard InChI is InChI=1S/C13H14N2O2/c1-9-14-13(15-17-9)11-3-2-4-12(7-11)16-8-10-5-6-10/h2-4,7,10H,5-6,8H2,1H3. The smallest absolute Gasteiger partial charge is 0.223 e. The van der Waals surface area contributed by atoms with Crippen LogP contribution in [0, 0.1) is 12.8 Å². The van der Waals surface area contributed by atoms with Gasteiger partial charge < -0.3 is 9.26 Å². The van der Waals surface area contributed by atoms with Crippen molar-refractivity contribution in [2.24, 2.45) is 5.92 Å². The third-order valence-electron chi connectivity index (χ3n) is 2.80. The molecule has 17 heavy (non-hydrogen) atoms. The van der Waals surface area contributed by atoms with Crippen molar-refractivity contribution in [2.45, 2.75) is 19.8 Å². The van der Waals surface area contributed by atoms with E-state index in [9.17, 15) is 0 Å². The average molecular weight is 230 g/mol. The first kappa shape index (κ1) is 10.3. The molecule has 88 valence electrons. The molecule has 0 unspecified atom stereocenters. The molecule has 3 rings (SSSR count). The van der Waals surface area contributed by atoms with E-state index in [0.717, 1.165) is 23.8 Å². The van der Waals surface area contributed by atoms with Crippen LogP contribution in [0.2, 0.25) is 0 Å². The lowest BCUT2D eigenvalue weighted by Crippen LogP contribution is -1.98. The molecule has 0 saturated heterocycles. The monoisotopic (exact) mass is 230 g/mol. The molecule has 2 aromatic rings. The second kappa shape index (κ2) is 4.20. The van der Waals surface area contributed by atoms with Crippen molar-refractivity contribution in [2.75, 3.05) is 6.61 Å². The Kier molecular flexibility index (Phi) is 2.55. The zero-order valence-electron chi connectivity index (χ0n) is 9.72. The van der Waals surface area contributed by atoms with Crippen molar-refractivity contribution >= 4 is 0 Å². The minimum Gasteiger partial charge on any atom is -0.493 e. The van der Waals surface area contributed by atoms with Crippen molar-refractivity contribution < 1.29 is 9.26 Å². The molecule has 1 fully saturated rings. The summed E-state index contributed by atoms with van der Waals surface area (Å²) in [6.45, 7) is 2.60. The maximum atomic E-state index is 5.71. The van der Waals surface area contributed by atoms with Gasteiger partial charge in [-0.1, -0.05) is 17.3 Å². The van der Waals surface area contributed by atoms with E-state index in [0.29, 0.717) is 11.7 Å². The predicted molar refractivity (Wildman–Crippen MR) is 62.7 cm³/mol. The molecule has 1 aliphatic rings. The van der Waals surface area contributed by atoms with Crippen LogP contribution in [0.5, 0.6) is 5.75 Å². The fraction of sp³-hybridized carbons (Fsp3) is 0.385. The highest BCUT2D eigenvalue weighted by Gasteiger charge is 2.21. The topological polar surface area (TPSA) is 48.2 Å². The first-order chi connectivity index (χ1) is 8.31. The largest absolute Gasteiger partial charge is 0.493 e. The van der Waals surface area contributed by atoms with Crippen molar-refractivity contribution in [1.29, 1.82) is 0 Å². The second-order valence-corrected chi connectivity index (χ2v) is 4.42. The predicted octanol–water partition coefficient (Wildman–Crippen LogP) is 2.83. The molecule has 1 saturated carbocycles. The van der Waals surface area contributed by atoms with E-state index in [1.807, 2.05) is 24.3 Å². The fourth-order valence-corrected chi connectivity index (χ4v) is 1.64. The fourth-order valence-electron chi connectivity index (χ4n) is 1.64. The number of nitrogens with zero attached hydrogens (tertiary/aromatic N) is 2. The van der Waals surface area contributed by atoms with E-state index in [2.05, 4.69) is 10.1 Å². The Balaban J connectivity index is 1.77. The van der Waals surface area contributed by atoms with Gasteiger partial charge in [0.2, 0.25) is 11.7 Å². The normalized spacial score (nSPS) is 14.9. The number of hydrogen-bond donors (Lipinski definition) is 0. The Morgan fingerprint density at radius 2 is 2.29 bits per heavy atom. The Hall–Kier alpha value is -1.84. The lowest BCUT2D eigenvalue weighted by Gasteiger charge is -2.05. The Bertz CT molecular complexity index is 518. The van der Waals surface area contributed by atoms with E-state index in [1.165, 1.54) is 12.8 Å². The van der Waals surface area contributed by atoms with Crippen LogP contribution in [0.25, 0.3) is 11.4 Å². The molecule has 0 atom stereocenters. The number of rotatable bonds is 4. The van der Waals surface area contributed by atoms with Crippen LogP contribution in [-0.2, 0) is 0 Å². The summed E-state index contributed by atoms with van der Waals surface area (Å²) in [5.74, 6) is 2.81. The summed E-state index contributed by atoms with van der Waals surface area (Å²) in [5.41, 5.74) is 0.926. The summed E-state index contributed by atoms with van der Waals surface area (Å²) in [4.78, 5) is 4.20. The van der Waals surface area contributed by atoms with Gasteiger partial charge in [0.15, 0.2) is 0 Å². The second-order valence-electron chi connectivity index (χ2n) is 4.42. The molecule has 4 nitrogen and oxygen atoms in total. The summed E-state index contributed by atoms with van der Waals surface area (Å²) in [6.07, 6.45) is 2.59. The van der Waals surface area contributed by atoms with E-state index < -0.39 is 0 Å². The summed E-state index contributed by atoms with van der Waals surface area (Å²) < 4.78 is 10.7. The minimum absolute atomic E-state index is 0.573. The third-order valence-corrected chi connectivity index (χ3v) is 2.80. The molecule has 0 bridgehead atoms. The van der Waals surface area contributed by atoms with Crippen LogP contribution in [-0.4, -0.2) is 16.7 Å². The summed E-state index contributed by atoms with van der Waals surface area (Å²) in [6, 6.07) is 7.81. The van der Waals surface area contributed by atoms with Crippen molar-refractivity contribution in [3.8, 4) is 17.1 Å². The highest BCUT2D eigenvalue weighted by molar-refractivity contribution is 5.56. The van der Waals surface area contributed by atoms with Crippen molar-refractivity contribution in [3.63, 3.8) is 0 Å². The van der Waals surface area contributed by atoms with Crippen LogP contribution in [0.3, 0.4) is 0 Å². The average Bonchev–Trinajstić information content (AvgIpc) is 3.08. The van der Waals surface area contributed by atoms with Gasteiger partial charge in [-0.25, -0.2) is 0 Å². The molecular formula is C13H14N2O2. The number of benzene rings is 1. The van der Waals surface area contributed by atoms with E-state index in [1.54, 1.807) is 6.92 Å². The van der Waals surface area contributed by atoms with Gasteiger partial charge in [-0.3, -0.25) is 0 Å². The summed E-state index contributed by atoms with van der Waals surface area (Å²) >= 11 is 0. The lowest BCUT2D eigenvalue weighted by atomic mass is 10.2. The van der Waals surface area contributed by atoms with Crippen LogP contribution >= 0.6 is 0 Å². The van der Waals surface area contributed by atoms with Crippen molar-refractivity contribution in [3.05, 3.63) is 30.2 Å². The van der Waals surface area contributed by atoms with Gasteiger partial charge in [-0.05, 0) is 30.9 Å². The zero-order valence-corrected chi connectivity index (χ0v) is 9.72. The van der Waals surface area contributed by atoms with E-state index >= 15 is 0 Å². The first-order valence-corrected chi connectivity index (χ1v) is 5.85. The van der Waals surface area contributed by atoms with Gasteiger partial charge in [0.05, 0.1) is 6.61 Å². The van der Waals surface area contributed by atoms with Crippen molar-refractivity contribution in [1.82, 2.24) is 10.1 Å². The maximum absolute atomic E-state index is 5.71. The number of ether oxygens (including phenoxy) is 1. The van der Waals surface area contributed by atoms with Gasteiger partial charge in [0.1, 0.15) is 5.75 Å². The SMILES string of the molecule is Cc1nc(-c2cccc(OCC3CC3)c2)no1. The highest BCUT2D eigenvalue weighted by Crippen LogP contribution is 2.30. The van der Waals surface area contributed by atoms with Gasteiger partial charge in [0, 0.05) is 12.5 Å². The van der Waals surface area contributed by atoms with Gasteiger partial charge in [-0.2, -0.15) is 4.98 Å². The third kappa shape index (κ3) is 2.46. The molecule has 0 radical (unpaired) electrons. The van der Waals surface area contributed by atoms with E-state index in [4.69, 9.17) is 9.26 Å². The molecular weight excluding hydrogens is 216 g/mol. The van der Waals surface area contributed by atoms with Gasteiger partial charge in [-0.15, -0.1) is 0 Å². The number of aryl methyl sites for hydroxylation is 1. The molecule has 0 amide bonds. The molecule has 1 aromatic carbocycles. The Labute approximate surface area is 99.6 Å². The van der Waals surface area contributed by atoms with Crippen LogP contribution in [0.4, 0.5) is 0 Å². The Morgan fingerprint density at radius 1 is 1.41 bits per heavy atom. The number of hydrogen-bond acceptors (Lipinski definition) is 4. The molecule has 0 spiro atoms. The lowest BCUT2D eigenvalue weighted by molar-refractivity contribution is 0.300. The Morgan fingerprint density at radius 3 is 3.00 bits per heavy atom. The summed E-state index contributed by atoms with van der Waals surface area (Å²) in [5, 5.41) is 3.89. The molecule has 0 aliphatic heterocycles. The quantitative estimate of drug-likeness (QED) is 0.810. The minimum atomic E-state index is 0.573. The maximum Gasteiger partial charge on any atom is 0.223 e. The molecule has 0 N–H and O–H groups in total. The first-order valence-electron chi connectivity index (χ1n) is 5.85. The molecule has 1 heterocycles. The zero-order chi connectivity index (χ0) is 11.7. The number of aromatic nitrogens is 2. The van der Waals surface area contributed by atoms with Crippen LogP contribution < -0.4 is 4.74 Å². The summed E-state index contributed by atoms with van der Waals surface area (Å²) in [7, 11) is 0. The van der Waals surface area contributed by atoms with Crippen LogP contribution in [0.15, 0.2) is 28.8 Å². The molecule has 4 heteroatoms. The van der Waals surface area contributed by atoms with Gasteiger partial charge >= 0.3 is 0 Å². The van der Waals surface area contributed by atoms with Crippen LogP contribution in [0.1, 0.15) is 18.7 Å².